The van der Waals surface area contributed by atoms with Gasteiger partial charge in [-0.25, -0.2) is 4.98 Å². The Morgan fingerprint density at radius 1 is 0.710 bits per heavy atom. The largest absolute Gasteiger partial charge is 0.368 e. The topological polar surface area (TPSA) is 49.6 Å². The van der Waals surface area contributed by atoms with Crippen LogP contribution in [0.4, 0.5) is 11.5 Å². The Bertz CT molecular complexity index is 1230. The van der Waals surface area contributed by atoms with E-state index in [0.29, 0.717) is 11.6 Å². The minimum atomic E-state index is 0.655. The van der Waals surface area contributed by atoms with Gasteiger partial charge in [-0.15, -0.1) is 5.10 Å². The third-order valence-electron chi connectivity index (χ3n) is 6.03. The van der Waals surface area contributed by atoms with Crippen LogP contribution < -0.4 is 9.80 Å². The Hall–Kier alpha value is -3.41. The number of aromatic nitrogens is 4. The highest BCUT2D eigenvalue weighted by atomic mass is 15.4. The Kier molecular flexibility index (Phi) is 4.85. The summed E-state index contributed by atoms with van der Waals surface area (Å²) < 4.78 is 1.90. The van der Waals surface area contributed by atoms with Crippen LogP contribution in [-0.4, -0.2) is 45.8 Å². The van der Waals surface area contributed by atoms with Gasteiger partial charge in [0, 0.05) is 49.2 Å². The predicted octanol–water partition coefficient (Wildman–Crippen LogP) is 4.35. The third kappa shape index (κ3) is 3.74. The van der Waals surface area contributed by atoms with Crippen molar-refractivity contribution >= 4 is 17.3 Å². The number of hydrogen-bond donors (Lipinski definition) is 0. The maximum Gasteiger partial charge on any atom is 0.254 e. The molecule has 0 unspecified atom stereocenters. The third-order valence-corrected chi connectivity index (χ3v) is 6.03. The van der Waals surface area contributed by atoms with Crippen molar-refractivity contribution in [1.82, 2.24) is 19.6 Å². The van der Waals surface area contributed by atoms with E-state index in [0.717, 1.165) is 43.3 Å². The Morgan fingerprint density at radius 3 is 2.10 bits per heavy atom. The number of piperazine rings is 1. The molecule has 1 saturated heterocycles. The lowest BCUT2D eigenvalue weighted by molar-refractivity contribution is 0.637. The fourth-order valence-corrected chi connectivity index (χ4v) is 4.35. The van der Waals surface area contributed by atoms with Gasteiger partial charge in [0.1, 0.15) is 5.82 Å². The Labute approximate surface area is 183 Å². The van der Waals surface area contributed by atoms with Crippen LogP contribution in [-0.2, 0) is 0 Å². The molecule has 0 N–H and O–H groups in total. The van der Waals surface area contributed by atoms with E-state index in [1.807, 2.05) is 11.4 Å². The maximum absolute atomic E-state index is 4.82. The molecule has 1 fully saturated rings. The summed E-state index contributed by atoms with van der Waals surface area (Å²) in [5.41, 5.74) is 7.19. The normalized spacial score (nSPS) is 14.5. The second kappa shape index (κ2) is 7.69. The van der Waals surface area contributed by atoms with Crippen LogP contribution in [0.3, 0.4) is 0 Å². The summed E-state index contributed by atoms with van der Waals surface area (Å²) in [6, 6.07) is 17.2. The van der Waals surface area contributed by atoms with Crippen LogP contribution >= 0.6 is 0 Å². The van der Waals surface area contributed by atoms with Crippen LogP contribution in [0.15, 0.2) is 48.5 Å². The molecule has 0 bridgehead atoms. The molecular formula is C25H28N6. The summed E-state index contributed by atoms with van der Waals surface area (Å²) in [6.07, 6.45) is 0. The Balaban J connectivity index is 1.43. The lowest BCUT2D eigenvalue weighted by Gasteiger charge is -2.37. The van der Waals surface area contributed by atoms with Crippen LogP contribution in [0.2, 0.25) is 0 Å². The van der Waals surface area contributed by atoms with Gasteiger partial charge in [-0.1, -0.05) is 47.5 Å². The minimum Gasteiger partial charge on any atom is -0.368 e. The summed E-state index contributed by atoms with van der Waals surface area (Å²) in [4.78, 5) is 14.2. The molecule has 4 aromatic rings. The van der Waals surface area contributed by atoms with Gasteiger partial charge in [-0.3, -0.25) is 0 Å². The second-order valence-corrected chi connectivity index (χ2v) is 8.53. The molecule has 6 heteroatoms. The first-order chi connectivity index (χ1) is 15.0. The molecule has 0 spiro atoms. The number of anilines is 2. The van der Waals surface area contributed by atoms with Gasteiger partial charge in [0.25, 0.3) is 5.78 Å². The molecule has 3 heterocycles. The van der Waals surface area contributed by atoms with Crippen molar-refractivity contribution in [2.45, 2.75) is 27.7 Å². The van der Waals surface area contributed by atoms with Crippen LogP contribution in [0, 0.1) is 27.7 Å². The van der Waals surface area contributed by atoms with Gasteiger partial charge >= 0.3 is 0 Å². The van der Waals surface area contributed by atoms with E-state index in [1.54, 1.807) is 0 Å². The molecule has 2 aromatic carbocycles. The van der Waals surface area contributed by atoms with Crippen molar-refractivity contribution in [3.63, 3.8) is 0 Å². The summed E-state index contributed by atoms with van der Waals surface area (Å²) in [5.74, 6) is 2.43. The molecule has 1 aliphatic rings. The number of nitrogens with zero attached hydrogens (tertiary/aromatic N) is 6. The van der Waals surface area contributed by atoms with Gasteiger partial charge in [0.2, 0.25) is 0 Å². The molecule has 158 valence electrons. The number of hydrogen-bond acceptors (Lipinski definition) is 5. The minimum absolute atomic E-state index is 0.655. The lowest BCUT2D eigenvalue weighted by atomic mass is 10.1. The molecule has 6 nitrogen and oxygen atoms in total. The molecule has 0 atom stereocenters. The smallest absolute Gasteiger partial charge is 0.254 e. The molecule has 0 amide bonds. The molecule has 5 rings (SSSR count). The van der Waals surface area contributed by atoms with Crippen LogP contribution in [0.25, 0.3) is 17.2 Å². The van der Waals surface area contributed by atoms with Crippen molar-refractivity contribution in [3.05, 3.63) is 70.9 Å². The second-order valence-electron chi connectivity index (χ2n) is 8.53. The highest BCUT2D eigenvalue weighted by Gasteiger charge is 2.22. The van der Waals surface area contributed by atoms with E-state index in [4.69, 9.17) is 10.1 Å². The van der Waals surface area contributed by atoms with E-state index < -0.39 is 0 Å². The number of aryl methyl sites for hydroxylation is 4. The average Bonchev–Trinajstić information content (AvgIpc) is 3.18. The maximum atomic E-state index is 4.82. The summed E-state index contributed by atoms with van der Waals surface area (Å²) in [7, 11) is 0. The SMILES string of the molecule is Cc1ccc(-c2nc3nc(C)cc(N4CCN(c5ccc(C)cc5C)CC4)n3n2)cc1. The van der Waals surface area contributed by atoms with E-state index in [1.165, 1.54) is 22.4 Å². The van der Waals surface area contributed by atoms with E-state index >= 15 is 0 Å². The average molecular weight is 413 g/mol. The fourth-order valence-electron chi connectivity index (χ4n) is 4.35. The monoisotopic (exact) mass is 412 g/mol. The van der Waals surface area contributed by atoms with Gasteiger partial charge in [-0.05, 0) is 39.3 Å². The van der Waals surface area contributed by atoms with Gasteiger partial charge < -0.3 is 9.80 Å². The van der Waals surface area contributed by atoms with Crippen molar-refractivity contribution in [2.24, 2.45) is 0 Å². The summed E-state index contributed by atoms with van der Waals surface area (Å²) in [5, 5.41) is 4.82. The highest BCUT2D eigenvalue weighted by molar-refractivity contribution is 5.60. The van der Waals surface area contributed by atoms with Crippen LogP contribution in [0.1, 0.15) is 22.4 Å². The zero-order valence-corrected chi connectivity index (χ0v) is 18.6. The number of benzene rings is 2. The van der Waals surface area contributed by atoms with Crippen molar-refractivity contribution in [1.29, 1.82) is 0 Å². The lowest BCUT2D eigenvalue weighted by Crippen LogP contribution is -2.47. The first kappa shape index (κ1) is 19.5. The highest BCUT2D eigenvalue weighted by Crippen LogP contribution is 2.26. The number of rotatable bonds is 3. The zero-order chi connectivity index (χ0) is 21.5. The van der Waals surface area contributed by atoms with Gasteiger partial charge in [-0.2, -0.15) is 9.50 Å². The summed E-state index contributed by atoms with van der Waals surface area (Å²) in [6.45, 7) is 12.3. The molecule has 2 aromatic heterocycles. The quantitative estimate of drug-likeness (QED) is 0.501. The fraction of sp³-hybridized carbons (Fsp3) is 0.320. The molecule has 0 saturated carbocycles. The van der Waals surface area contributed by atoms with Crippen LogP contribution in [0.5, 0.6) is 0 Å². The Morgan fingerprint density at radius 2 is 1.39 bits per heavy atom. The number of fused-ring (bicyclic) bond motifs is 1. The van der Waals surface area contributed by atoms with Crippen molar-refractivity contribution < 1.29 is 0 Å². The predicted molar refractivity (Wildman–Crippen MR) is 126 cm³/mol. The molecule has 0 radical (unpaired) electrons. The molecular weight excluding hydrogens is 384 g/mol. The summed E-state index contributed by atoms with van der Waals surface area (Å²) >= 11 is 0. The van der Waals surface area contributed by atoms with E-state index in [9.17, 15) is 0 Å². The zero-order valence-electron chi connectivity index (χ0n) is 18.6. The molecule has 1 aliphatic heterocycles. The van der Waals surface area contributed by atoms with E-state index in [2.05, 4.69) is 84.1 Å². The first-order valence-electron chi connectivity index (χ1n) is 10.9. The standard InChI is InChI=1S/C25H28N6/c1-17-5-8-21(9-6-17)24-27-25-26-20(4)16-23(31(25)28-24)30-13-11-29(12-14-30)22-10-7-18(2)15-19(22)3/h5-10,15-16H,11-14H2,1-4H3. The molecule has 31 heavy (non-hydrogen) atoms. The van der Waals surface area contributed by atoms with Crippen molar-refractivity contribution in [2.75, 3.05) is 36.0 Å². The van der Waals surface area contributed by atoms with E-state index in [-0.39, 0.29) is 0 Å². The van der Waals surface area contributed by atoms with Gasteiger partial charge in [0.15, 0.2) is 5.82 Å². The van der Waals surface area contributed by atoms with Gasteiger partial charge in [0.05, 0.1) is 0 Å². The first-order valence-corrected chi connectivity index (χ1v) is 10.9. The van der Waals surface area contributed by atoms with Crippen molar-refractivity contribution in [3.8, 4) is 11.4 Å². The molecule has 0 aliphatic carbocycles.